The Morgan fingerprint density at radius 3 is 1.38 bits per heavy atom. The lowest BCUT2D eigenvalue weighted by molar-refractivity contribution is 0.121. The fourth-order valence-corrected chi connectivity index (χ4v) is 8.97. The molecular weight excluding hydrogens is 691 g/mol. The van der Waals surface area contributed by atoms with Gasteiger partial charge in [-0.3, -0.25) is 9.59 Å². The summed E-state index contributed by atoms with van der Waals surface area (Å²) in [7, 11) is 0. The number of ether oxygens (including phenoxy) is 2. The number of anilines is 2. The summed E-state index contributed by atoms with van der Waals surface area (Å²) in [5, 5.41) is 2.89. The summed E-state index contributed by atoms with van der Waals surface area (Å²) in [5.74, 6) is 1.12. The lowest BCUT2D eigenvalue weighted by Gasteiger charge is -2.29. The highest BCUT2D eigenvalue weighted by Crippen LogP contribution is 2.40. The number of hydrogen-bond donors (Lipinski definition) is 0. The molecule has 9 rings (SSSR count). The van der Waals surface area contributed by atoms with Gasteiger partial charge in [0, 0.05) is 56.4 Å². The van der Waals surface area contributed by atoms with Crippen molar-refractivity contribution in [3.63, 3.8) is 0 Å². The van der Waals surface area contributed by atoms with E-state index in [2.05, 4.69) is 15.9 Å². The topological polar surface area (TPSA) is 94.7 Å². The molecule has 10 nitrogen and oxygen atoms in total. The molecule has 2 aliphatic heterocycles. The highest BCUT2D eigenvalue weighted by atomic mass is 35.5. The Morgan fingerprint density at radius 1 is 0.583 bits per heavy atom. The molecule has 2 aliphatic rings. The van der Waals surface area contributed by atoms with Crippen LogP contribution in [-0.4, -0.2) is 71.7 Å². The van der Waals surface area contributed by atoms with Gasteiger partial charge in [-0.15, -0.1) is 22.7 Å². The molecule has 0 saturated carbocycles. The zero-order valence-electron chi connectivity index (χ0n) is 25.3. The van der Waals surface area contributed by atoms with E-state index in [1.165, 1.54) is 22.7 Å². The summed E-state index contributed by atoms with van der Waals surface area (Å²) >= 11 is 15.2. The fourth-order valence-electron chi connectivity index (χ4n) is 6.45. The summed E-state index contributed by atoms with van der Waals surface area (Å²) in [6.45, 7) is 4.64. The van der Waals surface area contributed by atoms with Gasteiger partial charge in [0.2, 0.25) is 11.9 Å². The van der Waals surface area contributed by atoms with Crippen LogP contribution >= 0.6 is 45.9 Å². The van der Waals surface area contributed by atoms with Crippen LogP contribution in [0, 0.1) is 0 Å². The summed E-state index contributed by atoms with van der Waals surface area (Å²) in [5.41, 5.74) is 2.38. The van der Waals surface area contributed by atoms with Gasteiger partial charge in [0.25, 0.3) is 11.1 Å². The summed E-state index contributed by atoms with van der Waals surface area (Å²) in [4.78, 5) is 43.2. The van der Waals surface area contributed by atoms with Crippen molar-refractivity contribution in [1.82, 2.24) is 19.1 Å². The Morgan fingerprint density at radius 2 is 0.979 bits per heavy atom. The molecule has 6 heterocycles. The van der Waals surface area contributed by atoms with Gasteiger partial charge >= 0.3 is 0 Å². The third kappa shape index (κ3) is 4.89. The van der Waals surface area contributed by atoms with Gasteiger partial charge in [0.1, 0.15) is 9.40 Å². The second kappa shape index (κ2) is 11.8. The van der Waals surface area contributed by atoms with E-state index in [1.54, 1.807) is 33.4 Å². The first-order chi connectivity index (χ1) is 23.4. The maximum absolute atomic E-state index is 14.3. The molecule has 0 N–H and O–H groups in total. The van der Waals surface area contributed by atoms with E-state index in [-0.39, 0.29) is 11.1 Å². The number of benzene rings is 3. The summed E-state index contributed by atoms with van der Waals surface area (Å²) in [6, 6.07) is 18.6. The van der Waals surface area contributed by atoms with E-state index >= 15 is 0 Å². The van der Waals surface area contributed by atoms with E-state index in [0.29, 0.717) is 106 Å². The molecule has 0 atom stereocenters. The molecule has 0 bridgehead atoms. The Balaban J connectivity index is 1.30. The third-order valence-corrected chi connectivity index (χ3v) is 11.6. The zero-order valence-corrected chi connectivity index (χ0v) is 28.5. The first kappa shape index (κ1) is 30.1. The monoisotopic (exact) mass is 716 g/mol. The molecule has 0 unspecified atom stereocenters. The Kier molecular flexibility index (Phi) is 7.41. The number of fused-ring (bicyclic) bond motifs is 6. The standard InChI is InChI=1S/C34H26Cl2N6O4S2/c35-19-1-5-21(6-2-19)41-31(43)29-27(37-33(41)39-9-13-45-14-10-39)23-17-24-26(18-25(23)47-29)48-30-28(24)38-34(40-11-15-46-16-12-40)42(32(30)44)22-7-3-20(36)4-8-22/h1-8,17-18H,9-16H2. The number of morpholine rings is 2. The normalized spacial score (nSPS) is 15.8. The van der Waals surface area contributed by atoms with Crippen molar-refractivity contribution < 1.29 is 9.47 Å². The summed E-state index contributed by atoms with van der Waals surface area (Å²) in [6.07, 6.45) is 0. The predicted molar refractivity (Wildman–Crippen MR) is 195 cm³/mol. The van der Waals surface area contributed by atoms with Crippen molar-refractivity contribution in [3.05, 3.63) is 91.4 Å². The number of hydrogen-bond acceptors (Lipinski definition) is 10. The van der Waals surface area contributed by atoms with Crippen LogP contribution in [0.15, 0.2) is 70.3 Å². The van der Waals surface area contributed by atoms with Gasteiger partial charge in [-0.25, -0.2) is 19.1 Å². The van der Waals surface area contributed by atoms with Gasteiger partial charge in [0.05, 0.1) is 48.8 Å². The SMILES string of the molecule is O=c1c2sc3cc4sc5c(=O)n(-c6ccc(Cl)cc6)c(N6CCOCC6)nc5c4cc3c2nc(N2CCOCC2)n1-c1ccc(Cl)cc1. The molecule has 0 aliphatic carbocycles. The first-order valence-electron chi connectivity index (χ1n) is 15.5. The molecule has 7 aromatic rings. The minimum atomic E-state index is -0.142. The smallest absolute Gasteiger partial charge is 0.277 e. The van der Waals surface area contributed by atoms with Crippen LogP contribution < -0.4 is 20.9 Å². The van der Waals surface area contributed by atoms with Crippen molar-refractivity contribution in [1.29, 1.82) is 0 Å². The highest BCUT2D eigenvalue weighted by molar-refractivity contribution is 7.27. The van der Waals surface area contributed by atoms with E-state index in [1.807, 2.05) is 30.3 Å². The van der Waals surface area contributed by atoms with Crippen LogP contribution in [-0.2, 0) is 9.47 Å². The molecule has 3 aromatic carbocycles. The van der Waals surface area contributed by atoms with Crippen molar-refractivity contribution in [2.24, 2.45) is 0 Å². The number of nitrogens with zero attached hydrogens (tertiary/aromatic N) is 6. The van der Waals surface area contributed by atoms with Crippen LogP contribution in [0.1, 0.15) is 0 Å². The van der Waals surface area contributed by atoms with E-state index in [4.69, 9.17) is 42.6 Å². The maximum Gasteiger partial charge on any atom is 0.277 e. The maximum atomic E-state index is 14.3. The predicted octanol–water partition coefficient (Wildman–Crippen LogP) is 6.49. The summed E-state index contributed by atoms with van der Waals surface area (Å²) < 4.78 is 17.5. The van der Waals surface area contributed by atoms with Crippen LogP contribution in [0.5, 0.6) is 0 Å². The molecule has 0 spiro atoms. The highest BCUT2D eigenvalue weighted by Gasteiger charge is 2.26. The molecule has 0 amide bonds. The second-order valence-electron chi connectivity index (χ2n) is 11.7. The van der Waals surface area contributed by atoms with Crippen LogP contribution in [0.4, 0.5) is 11.9 Å². The van der Waals surface area contributed by atoms with E-state index < -0.39 is 0 Å². The Labute approximate surface area is 290 Å². The van der Waals surface area contributed by atoms with Crippen molar-refractivity contribution in [2.45, 2.75) is 0 Å². The molecule has 4 aromatic heterocycles. The molecule has 2 saturated heterocycles. The van der Waals surface area contributed by atoms with Crippen LogP contribution in [0.25, 0.3) is 52.0 Å². The lowest BCUT2D eigenvalue weighted by Crippen LogP contribution is -2.40. The molecule has 242 valence electrons. The number of halogens is 2. The molecular formula is C34H26Cl2N6O4S2. The second-order valence-corrected chi connectivity index (χ2v) is 14.6. The van der Waals surface area contributed by atoms with Crippen LogP contribution in [0.3, 0.4) is 0 Å². The van der Waals surface area contributed by atoms with Gasteiger partial charge in [-0.1, -0.05) is 23.2 Å². The zero-order chi connectivity index (χ0) is 32.5. The van der Waals surface area contributed by atoms with E-state index in [0.717, 1.165) is 20.2 Å². The molecule has 14 heteroatoms. The minimum absolute atomic E-state index is 0.142. The van der Waals surface area contributed by atoms with Crippen LogP contribution in [0.2, 0.25) is 10.0 Å². The molecule has 0 radical (unpaired) electrons. The van der Waals surface area contributed by atoms with Crippen molar-refractivity contribution >= 4 is 98.4 Å². The van der Waals surface area contributed by atoms with Gasteiger partial charge in [-0.05, 0) is 60.7 Å². The Hall–Kier alpha value is -4.04. The minimum Gasteiger partial charge on any atom is -0.378 e. The van der Waals surface area contributed by atoms with Crippen molar-refractivity contribution in [2.75, 3.05) is 62.4 Å². The van der Waals surface area contributed by atoms with Gasteiger partial charge < -0.3 is 19.3 Å². The van der Waals surface area contributed by atoms with E-state index in [9.17, 15) is 9.59 Å². The molecule has 2 fully saturated rings. The average molecular weight is 718 g/mol. The Bertz CT molecular complexity index is 2330. The third-order valence-electron chi connectivity index (χ3n) is 8.82. The fraction of sp³-hybridized carbons (Fsp3) is 0.235. The van der Waals surface area contributed by atoms with Gasteiger partial charge in [0.15, 0.2) is 0 Å². The average Bonchev–Trinajstić information content (AvgIpc) is 3.67. The number of thiophene rings is 2. The number of rotatable bonds is 4. The van der Waals surface area contributed by atoms with Crippen molar-refractivity contribution in [3.8, 4) is 11.4 Å². The number of aromatic nitrogens is 4. The molecule has 48 heavy (non-hydrogen) atoms. The quantitative estimate of drug-likeness (QED) is 0.204. The van der Waals surface area contributed by atoms with Gasteiger partial charge in [-0.2, -0.15) is 0 Å². The largest absolute Gasteiger partial charge is 0.378 e. The first-order valence-corrected chi connectivity index (χ1v) is 17.9. The lowest BCUT2D eigenvalue weighted by atomic mass is 10.1.